The van der Waals surface area contributed by atoms with E-state index in [0.717, 1.165) is 15.7 Å². The van der Waals surface area contributed by atoms with Gasteiger partial charge in [-0.15, -0.1) is 0 Å². The maximum atomic E-state index is 11.8. The summed E-state index contributed by atoms with van der Waals surface area (Å²) in [4.78, 5) is 23.2. The van der Waals surface area contributed by atoms with Gasteiger partial charge < -0.3 is 16.4 Å². The number of hydrogen-bond donors (Lipinski definition) is 3. The minimum Gasteiger partial charge on any atom is -0.347 e. The minimum absolute atomic E-state index is 0.0149. The maximum absolute atomic E-state index is 11.8. The third-order valence-electron chi connectivity index (χ3n) is 2.75. The molecule has 1 aromatic rings. The summed E-state index contributed by atoms with van der Waals surface area (Å²) < 4.78 is 0.888. The largest absolute Gasteiger partial charge is 0.347 e. The summed E-state index contributed by atoms with van der Waals surface area (Å²) in [5.74, 6) is -0.413. The Hall–Kier alpha value is -1.40. The highest BCUT2D eigenvalue weighted by molar-refractivity contribution is 9.10. The molecule has 4 N–H and O–H groups in total. The fourth-order valence-corrected chi connectivity index (χ4v) is 1.91. The molecule has 0 spiro atoms. The second-order valence-electron chi connectivity index (χ2n) is 4.80. The van der Waals surface area contributed by atoms with Crippen LogP contribution in [0, 0.1) is 6.92 Å². The Bertz CT molecular complexity index is 489. The van der Waals surface area contributed by atoms with Gasteiger partial charge in [-0.1, -0.05) is 22.0 Å². The zero-order chi connectivity index (χ0) is 15.1. The Labute approximate surface area is 127 Å². The van der Waals surface area contributed by atoms with Crippen molar-refractivity contribution in [2.75, 3.05) is 11.9 Å². The first-order valence-electron chi connectivity index (χ1n) is 6.46. The lowest BCUT2D eigenvalue weighted by atomic mass is 10.2. The number of anilines is 1. The molecule has 0 aliphatic carbocycles. The fourth-order valence-electron chi connectivity index (χ4n) is 1.55. The Morgan fingerprint density at radius 1 is 1.35 bits per heavy atom. The van der Waals surface area contributed by atoms with Gasteiger partial charge in [0.05, 0.1) is 6.54 Å². The second-order valence-corrected chi connectivity index (χ2v) is 5.72. The monoisotopic (exact) mass is 341 g/mol. The van der Waals surface area contributed by atoms with Crippen molar-refractivity contribution < 1.29 is 9.59 Å². The number of rotatable bonds is 6. The third-order valence-corrected chi connectivity index (χ3v) is 3.24. The van der Waals surface area contributed by atoms with Crippen LogP contribution in [0.5, 0.6) is 0 Å². The average molecular weight is 342 g/mol. The van der Waals surface area contributed by atoms with Gasteiger partial charge in [0.25, 0.3) is 0 Å². The first-order valence-corrected chi connectivity index (χ1v) is 7.26. The number of carbonyl (C=O) groups excluding carboxylic acids is 2. The number of benzene rings is 1. The highest BCUT2D eigenvalue weighted by Crippen LogP contribution is 2.20. The van der Waals surface area contributed by atoms with Gasteiger partial charge in [0, 0.05) is 22.6 Å². The van der Waals surface area contributed by atoms with Crippen LogP contribution in [0.25, 0.3) is 0 Å². The van der Waals surface area contributed by atoms with Crippen LogP contribution in [0.4, 0.5) is 5.69 Å². The molecule has 6 heteroatoms. The normalized spacial score (nSPS) is 11.8. The van der Waals surface area contributed by atoms with Crippen LogP contribution in [0.15, 0.2) is 22.7 Å². The molecule has 0 aliphatic rings. The summed E-state index contributed by atoms with van der Waals surface area (Å²) >= 11 is 3.35. The molecule has 0 fully saturated rings. The summed E-state index contributed by atoms with van der Waals surface area (Å²) in [7, 11) is 0. The van der Waals surface area contributed by atoms with Crippen molar-refractivity contribution >= 4 is 33.4 Å². The predicted molar refractivity (Wildman–Crippen MR) is 83.4 cm³/mol. The second kappa shape index (κ2) is 8.01. The Morgan fingerprint density at radius 2 is 2.05 bits per heavy atom. The standard InChI is InChI=1S/C14H20BrN3O2/c1-9-3-5-11(15)7-12(9)18-14(20)8-17-13(19)6-4-10(2)16/h3,5,7,10H,4,6,8,16H2,1-2H3,(H,17,19)(H,18,20). The molecule has 0 bridgehead atoms. The molecule has 0 radical (unpaired) electrons. The highest BCUT2D eigenvalue weighted by Gasteiger charge is 2.08. The van der Waals surface area contributed by atoms with E-state index in [1.165, 1.54) is 0 Å². The number of nitrogens with one attached hydrogen (secondary N) is 2. The number of aryl methyl sites for hydroxylation is 1. The topological polar surface area (TPSA) is 84.2 Å². The molecule has 0 saturated heterocycles. The SMILES string of the molecule is Cc1ccc(Br)cc1NC(=O)CNC(=O)CCC(C)N. The van der Waals surface area contributed by atoms with E-state index in [9.17, 15) is 9.59 Å². The first kappa shape index (κ1) is 16.7. The van der Waals surface area contributed by atoms with Crippen molar-refractivity contribution in [1.29, 1.82) is 0 Å². The molecule has 1 aromatic carbocycles. The van der Waals surface area contributed by atoms with E-state index < -0.39 is 0 Å². The van der Waals surface area contributed by atoms with E-state index in [1.807, 2.05) is 32.0 Å². The Kier molecular flexibility index (Phi) is 6.67. The van der Waals surface area contributed by atoms with Crippen molar-refractivity contribution in [3.05, 3.63) is 28.2 Å². The lowest BCUT2D eigenvalue weighted by Crippen LogP contribution is -2.33. The molecule has 0 aliphatic heterocycles. The summed E-state index contributed by atoms with van der Waals surface area (Å²) in [6.07, 6.45) is 0.944. The van der Waals surface area contributed by atoms with Gasteiger partial charge >= 0.3 is 0 Å². The van der Waals surface area contributed by atoms with Gasteiger partial charge in [0.2, 0.25) is 11.8 Å². The molecule has 1 unspecified atom stereocenters. The van der Waals surface area contributed by atoms with Crippen LogP contribution in [-0.2, 0) is 9.59 Å². The molecule has 1 rings (SSSR count). The fraction of sp³-hybridized carbons (Fsp3) is 0.429. The minimum atomic E-state index is -0.250. The van der Waals surface area contributed by atoms with Crippen molar-refractivity contribution in [3.8, 4) is 0 Å². The van der Waals surface area contributed by atoms with Gasteiger partial charge in [-0.3, -0.25) is 9.59 Å². The molecular weight excluding hydrogens is 322 g/mol. The number of carbonyl (C=O) groups is 2. The van der Waals surface area contributed by atoms with Crippen molar-refractivity contribution in [2.45, 2.75) is 32.7 Å². The van der Waals surface area contributed by atoms with Crippen molar-refractivity contribution in [1.82, 2.24) is 5.32 Å². The highest BCUT2D eigenvalue weighted by atomic mass is 79.9. The molecule has 5 nitrogen and oxygen atoms in total. The van der Waals surface area contributed by atoms with Crippen LogP contribution in [-0.4, -0.2) is 24.4 Å². The molecule has 0 saturated carbocycles. The maximum Gasteiger partial charge on any atom is 0.243 e. The summed E-state index contributed by atoms with van der Waals surface area (Å²) in [6.45, 7) is 3.71. The number of amides is 2. The predicted octanol–water partition coefficient (Wildman–Crippen LogP) is 1.94. The lowest BCUT2D eigenvalue weighted by Gasteiger charge is -2.10. The molecule has 1 atom stereocenters. The molecule has 0 heterocycles. The van der Waals surface area contributed by atoms with E-state index in [0.29, 0.717) is 12.8 Å². The Balaban J connectivity index is 2.40. The van der Waals surface area contributed by atoms with Gasteiger partial charge in [-0.25, -0.2) is 0 Å². The van der Waals surface area contributed by atoms with E-state index in [-0.39, 0.29) is 24.4 Å². The zero-order valence-corrected chi connectivity index (χ0v) is 13.3. The molecule has 0 aromatic heterocycles. The third kappa shape index (κ3) is 6.16. The quantitative estimate of drug-likeness (QED) is 0.739. The van der Waals surface area contributed by atoms with Crippen molar-refractivity contribution in [3.63, 3.8) is 0 Å². The van der Waals surface area contributed by atoms with E-state index in [4.69, 9.17) is 5.73 Å². The zero-order valence-electron chi connectivity index (χ0n) is 11.7. The lowest BCUT2D eigenvalue weighted by molar-refractivity contribution is -0.124. The van der Waals surface area contributed by atoms with Gasteiger partial charge in [-0.2, -0.15) is 0 Å². The van der Waals surface area contributed by atoms with Gasteiger partial charge in [0.1, 0.15) is 0 Å². The van der Waals surface area contributed by atoms with Crippen LogP contribution in [0.1, 0.15) is 25.3 Å². The molecule has 20 heavy (non-hydrogen) atoms. The van der Waals surface area contributed by atoms with Crippen LogP contribution >= 0.6 is 15.9 Å². The van der Waals surface area contributed by atoms with Gasteiger partial charge in [0.15, 0.2) is 0 Å². The summed E-state index contributed by atoms with van der Waals surface area (Å²) in [5.41, 5.74) is 7.26. The first-order chi connectivity index (χ1) is 9.38. The van der Waals surface area contributed by atoms with Crippen LogP contribution < -0.4 is 16.4 Å². The van der Waals surface area contributed by atoms with Crippen LogP contribution in [0.3, 0.4) is 0 Å². The number of hydrogen-bond acceptors (Lipinski definition) is 3. The van der Waals surface area contributed by atoms with Gasteiger partial charge in [-0.05, 0) is 38.0 Å². The molecule has 110 valence electrons. The number of nitrogens with two attached hydrogens (primary N) is 1. The van der Waals surface area contributed by atoms with Crippen LogP contribution in [0.2, 0.25) is 0 Å². The number of halogens is 1. The smallest absolute Gasteiger partial charge is 0.243 e. The Morgan fingerprint density at radius 3 is 2.70 bits per heavy atom. The van der Waals surface area contributed by atoms with E-state index in [1.54, 1.807) is 0 Å². The van der Waals surface area contributed by atoms with E-state index in [2.05, 4.69) is 26.6 Å². The van der Waals surface area contributed by atoms with Crippen molar-refractivity contribution in [2.24, 2.45) is 5.73 Å². The van der Waals surface area contributed by atoms with E-state index >= 15 is 0 Å². The molecular formula is C14H20BrN3O2. The summed E-state index contributed by atoms with van der Waals surface area (Å²) in [6, 6.07) is 5.62. The average Bonchev–Trinajstić information content (AvgIpc) is 2.38. The molecule has 2 amide bonds. The summed E-state index contributed by atoms with van der Waals surface area (Å²) in [5, 5.41) is 5.34.